The van der Waals surface area contributed by atoms with Crippen LogP contribution in [0.2, 0.25) is 0 Å². The average Bonchev–Trinajstić information content (AvgIpc) is 3.32. The predicted molar refractivity (Wildman–Crippen MR) is 98.3 cm³/mol. The largest absolute Gasteiger partial charge is 0.239 e. The first-order valence-electron chi connectivity index (χ1n) is 7.80. The summed E-state index contributed by atoms with van der Waals surface area (Å²) in [6.07, 6.45) is 3.58. The van der Waals surface area contributed by atoms with E-state index in [2.05, 4.69) is 42.5 Å². The van der Waals surface area contributed by atoms with E-state index in [0.717, 1.165) is 21.3 Å². The molecule has 0 saturated heterocycles. The molecule has 0 aliphatic carbocycles. The van der Waals surface area contributed by atoms with E-state index in [9.17, 15) is 0 Å². The number of benzene rings is 2. The van der Waals surface area contributed by atoms with Crippen LogP contribution in [-0.2, 0) is 6.54 Å². The van der Waals surface area contributed by atoms with Crippen molar-refractivity contribution >= 4 is 15.9 Å². The monoisotopic (exact) mass is 405 g/mol. The van der Waals surface area contributed by atoms with E-state index in [1.165, 1.54) is 4.80 Å². The van der Waals surface area contributed by atoms with Crippen molar-refractivity contribution in [1.29, 1.82) is 5.26 Å². The zero-order valence-electron chi connectivity index (χ0n) is 13.5. The molecule has 2 heterocycles. The Morgan fingerprint density at radius 2 is 1.88 bits per heavy atom. The van der Waals surface area contributed by atoms with Gasteiger partial charge in [-0.05, 0) is 51.0 Å². The fraction of sp³-hybridized carbons (Fsp3) is 0.0556. The minimum atomic E-state index is 0.483. The van der Waals surface area contributed by atoms with Gasteiger partial charge in [-0.15, -0.1) is 10.2 Å². The van der Waals surface area contributed by atoms with Crippen molar-refractivity contribution in [2.24, 2.45) is 0 Å². The Labute approximate surface area is 157 Å². The highest BCUT2D eigenvalue weighted by Crippen LogP contribution is 2.22. The molecule has 126 valence electrons. The summed E-state index contributed by atoms with van der Waals surface area (Å²) in [5.74, 6) is 0.511. The second-order valence-electron chi connectivity index (χ2n) is 5.58. The van der Waals surface area contributed by atoms with Crippen molar-refractivity contribution < 1.29 is 0 Å². The highest BCUT2D eigenvalue weighted by Gasteiger charge is 2.11. The van der Waals surface area contributed by atoms with Gasteiger partial charge in [-0.1, -0.05) is 24.3 Å². The Bertz CT molecular complexity index is 1090. The number of halogens is 1. The highest BCUT2D eigenvalue weighted by atomic mass is 79.9. The Balaban J connectivity index is 1.55. The topological polar surface area (TPSA) is 85.2 Å². The van der Waals surface area contributed by atoms with Gasteiger partial charge in [0.15, 0.2) is 0 Å². The van der Waals surface area contributed by atoms with Crippen molar-refractivity contribution in [3.8, 4) is 23.1 Å². The lowest BCUT2D eigenvalue weighted by molar-refractivity contribution is 0.573. The van der Waals surface area contributed by atoms with Crippen LogP contribution in [-0.4, -0.2) is 30.0 Å². The second kappa shape index (κ2) is 6.90. The first-order chi connectivity index (χ1) is 12.7. The summed E-state index contributed by atoms with van der Waals surface area (Å²) >= 11 is 3.52. The van der Waals surface area contributed by atoms with Crippen molar-refractivity contribution in [3.05, 3.63) is 76.5 Å². The molecular weight excluding hydrogens is 394 g/mol. The Kier molecular flexibility index (Phi) is 4.29. The number of rotatable bonds is 4. The maximum absolute atomic E-state index is 8.85. The van der Waals surface area contributed by atoms with Gasteiger partial charge < -0.3 is 0 Å². The van der Waals surface area contributed by atoms with E-state index in [1.54, 1.807) is 23.0 Å². The third-order valence-electron chi connectivity index (χ3n) is 3.80. The second-order valence-corrected chi connectivity index (χ2v) is 6.43. The number of aromatic nitrogens is 6. The molecule has 0 saturated carbocycles. The fourth-order valence-electron chi connectivity index (χ4n) is 2.48. The molecule has 0 atom stereocenters. The molecular formula is C18H12BrN7. The molecule has 0 fully saturated rings. The highest BCUT2D eigenvalue weighted by molar-refractivity contribution is 9.10. The zero-order chi connectivity index (χ0) is 17.9. The molecule has 8 heteroatoms. The fourth-order valence-corrected chi connectivity index (χ4v) is 2.95. The SMILES string of the molecule is N#Cc1ccc(Cn2nnc(-c3cnn(-c4ccccc4Br)c3)n2)cc1. The smallest absolute Gasteiger partial charge is 0.208 e. The molecule has 4 aromatic rings. The Morgan fingerprint density at radius 3 is 2.65 bits per heavy atom. The first-order valence-corrected chi connectivity index (χ1v) is 8.59. The van der Waals surface area contributed by atoms with Gasteiger partial charge in [0, 0.05) is 10.7 Å². The van der Waals surface area contributed by atoms with E-state index in [-0.39, 0.29) is 0 Å². The summed E-state index contributed by atoms with van der Waals surface area (Å²) in [6.45, 7) is 0.483. The maximum Gasteiger partial charge on any atom is 0.208 e. The molecule has 2 aromatic heterocycles. The molecule has 7 nitrogen and oxygen atoms in total. The Hall–Kier alpha value is -3.31. The van der Waals surface area contributed by atoms with E-state index in [1.807, 2.05) is 42.6 Å². The molecule has 0 radical (unpaired) electrons. The third-order valence-corrected chi connectivity index (χ3v) is 4.47. The van der Waals surface area contributed by atoms with Gasteiger partial charge in [0.25, 0.3) is 0 Å². The molecule has 0 aliphatic rings. The lowest BCUT2D eigenvalue weighted by atomic mass is 10.1. The van der Waals surface area contributed by atoms with Crippen molar-refractivity contribution in [2.75, 3.05) is 0 Å². The standard InChI is InChI=1S/C18H12BrN7/c19-16-3-1-2-4-17(16)25-12-15(10-21-25)18-22-24-26(23-18)11-14-7-5-13(9-20)6-8-14/h1-8,10,12H,11H2. The van der Waals surface area contributed by atoms with Crippen LogP contribution < -0.4 is 0 Å². The van der Waals surface area contributed by atoms with Gasteiger partial charge in [0.05, 0.1) is 35.6 Å². The van der Waals surface area contributed by atoms with Gasteiger partial charge in [0.2, 0.25) is 5.82 Å². The number of para-hydroxylation sites is 1. The van der Waals surface area contributed by atoms with Crippen molar-refractivity contribution in [3.63, 3.8) is 0 Å². The van der Waals surface area contributed by atoms with Crippen LogP contribution in [0.5, 0.6) is 0 Å². The molecule has 0 unspecified atom stereocenters. The number of hydrogen-bond donors (Lipinski definition) is 0. The predicted octanol–water partition coefficient (Wildman–Crippen LogP) is 3.21. The van der Waals surface area contributed by atoms with Crippen LogP contribution in [0.25, 0.3) is 17.1 Å². The molecule has 2 aromatic carbocycles. The minimum Gasteiger partial charge on any atom is -0.239 e. The summed E-state index contributed by atoms with van der Waals surface area (Å²) in [5, 5.41) is 25.8. The Morgan fingerprint density at radius 1 is 1.08 bits per heavy atom. The van der Waals surface area contributed by atoms with E-state index in [0.29, 0.717) is 17.9 Å². The molecule has 0 bridgehead atoms. The quantitative estimate of drug-likeness (QED) is 0.520. The summed E-state index contributed by atoms with van der Waals surface area (Å²) in [7, 11) is 0. The minimum absolute atomic E-state index is 0.483. The van der Waals surface area contributed by atoms with E-state index in [4.69, 9.17) is 5.26 Å². The van der Waals surface area contributed by atoms with E-state index >= 15 is 0 Å². The molecule has 0 aliphatic heterocycles. The van der Waals surface area contributed by atoms with Crippen LogP contribution in [0.15, 0.2) is 65.4 Å². The summed E-state index contributed by atoms with van der Waals surface area (Å²) in [4.78, 5) is 1.52. The summed E-state index contributed by atoms with van der Waals surface area (Å²) in [5.41, 5.74) is 3.34. The van der Waals surface area contributed by atoms with Gasteiger partial charge in [-0.3, -0.25) is 0 Å². The van der Waals surface area contributed by atoms with Gasteiger partial charge >= 0.3 is 0 Å². The van der Waals surface area contributed by atoms with Gasteiger partial charge in [0.1, 0.15) is 0 Å². The van der Waals surface area contributed by atoms with Crippen LogP contribution in [0.1, 0.15) is 11.1 Å². The average molecular weight is 406 g/mol. The molecule has 26 heavy (non-hydrogen) atoms. The summed E-state index contributed by atoms with van der Waals surface area (Å²) < 4.78 is 2.72. The lowest BCUT2D eigenvalue weighted by Crippen LogP contribution is -2.03. The first kappa shape index (κ1) is 16.2. The number of nitriles is 1. The van der Waals surface area contributed by atoms with Crippen molar-refractivity contribution in [1.82, 2.24) is 30.0 Å². The summed E-state index contributed by atoms with van der Waals surface area (Å²) in [6, 6.07) is 17.2. The van der Waals surface area contributed by atoms with Crippen LogP contribution >= 0.6 is 15.9 Å². The normalized spacial score (nSPS) is 10.6. The van der Waals surface area contributed by atoms with Crippen molar-refractivity contribution in [2.45, 2.75) is 6.54 Å². The number of tetrazole rings is 1. The molecule has 0 N–H and O–H groups in total. The number of nitrogens with zero attached hydrogens (tertiary/aromatic N) is 7. The molecule has 0 spiro atoms. The lowest BCUT2D eigenvalue weighted by Gasteiger charge is -2.02. The van der Waals surface area contributed by atoms with Crippen LogP contribution in [0.4, 0.5) is 0 Å². The zero-order valence-corrected chi connectivity index (χ0v) is 15.1. The van der Waals surface area contributed by atoms with Crippen LogP contribution in [0, 0.1) is 11.3 Å². The van der Waals surface area contributed by atoms with Gasteiger partial charge in [-0.25, -0.2) is 4.68 Å². The van der Waals surface area contributed by atoms with Gasteiger partial charge in [-0.2, -0.15) is 15.2 Å². The maximum atomic E-state index is 8.85. The van der Waals surface area contributed by atoms with E-state index < -0.39 is 0 Å². The number of hydrogen-bond acceptors (Lipinski definition) is 5. The molecule has 0 amide bonds. The van der Waals surface area contributed by atoms with Crippen LogP contribution in [0.3, 0.4) is 0 Å². The molecule has 4 rings (SSSR count). The third kappa shape index (κ3) is 3.25.